The number of benzene rings is 2. The summed E-state index contributed by atoms with van der Waals surface area (Å²) in [5.74, 6) is 2.16. The predicted octanol–water partition coefficient (Wildman–Crippen LogP) is 4.53. The highest BCUT2D eigenvalue weighted by molar-refractivity contribution is 7.99. The van der Waals surface area contributed by atoms with Crippen molar-refractivity contribution in [2.45, 2.75) is 44.8 Å². The highest BCUT2D eigenvalue weighted by Gasteiger charge is 2.17. The number of rotatable bonds is 10. The van der Waals surface area contributed by atoms with E-state index >= 15 is 0 Å². The summed E-state index contributed by atoms with van der Waals surface area (Å²) in [4.78, 5) is 12.4. The largest absolute Gasteiger partial charge is 0.493 e. The van der Waals surface area contributed by atoms with Crippen LogP contribution in [0.15, 0.2) is 46.7 Å². The van der Waals surface area contributed by atoms with Crippen LogP contribution in [-0.4, -0.2) is 54.0 Å². The fraction of sp³-hybridized carbons (Fsp3) is 0.385. The van der Waals surface area contributed by atoms with Gasteiger partial charge in [0, 0.05) is 17.7 Å². The van der Waals surface area contributed by atoms with Gasteiger partial charge in [0.05, 0.1) is 33.3 Å². The summed E-state index contributed by atoms with van der Waals surface area (Å²) >= 11 is 1.31. The van der Waals surface area contributed by atoms with Crippen LogP contribution >= 0.6 is 11.8 Å². The van der Waals surface area contributed by atoms with Gasteiger partial charge in [-0.05, 0) is 30.0 Å². The molecule has 10 heteroatoms. The van der Waals surface area contributed by atoms with E-state index in [1.165, 1.54) is 30.6 Å². The predicted molar refractivity (Wildman–Crippen MR) is 142 cm³/mol. The van der Waals surface area contributed by atoms with Gasteiger partial charge in [0.15, 0.2) is 22.5 Å². The number of nitrogens with zero attached hydrogens (tertiary/aromatic N) is 4. The lowest BCUT2D eigenvalue weighted by Gasteiger charge is -2.19. The number of nitrogens with one attached hydrogen (secondary N) is 1. The summed E-state index contributed by atoms with van der Waals surface area (Å²) in [6.07, 6.45) is 1.51. The Hall–Kier alpha value is -3.53. The van der Waals surface area contributed by atoms with Crippen LogP contribution < -0.4 is 19.6 Å². The number of aromatic nitrogens is 3. The van der Waals surface area contributed by atoms with Gasteiger partial charge in [-0.2, -0.15) is 5.10 Å². The Morgan fingerprint density at radius 2 is 1.69 bits per heavy atom. The Morgan fingerprint density at radius 1 is 1.06 bits per heavy atom. The van der Waals surface area contributed by atoms with Crippen LogP contribution in [0.25, 0.3) is 11.4 Å². The van der Waals surface area contributed by atoms with Gasteiger partial charge >= 0.3 is 0 Å². The summed E-state index contributed by atoms with van der Waals surface area (Å²) in [6, 6.07) is 11.9. The third-order valence-corrected chi connectivity index (χ3v) is 6.43. The molecular weight excluding hydrogens is 478 g/mol. The third kappa shape index (κ3) is 6.37. The average Bonchev–Trinajstić information content (AvgIpc) is 3.29. The lowest BCUT2D eigenvalue weighted by atomic mass is 9.87. The highest BCUT2D eigenvalue weighted by Crippen LogP contribution is 2.37. The van der Waals surface area contributed by atoms with Crippen molar-refractivity contribution in [2.24, 2.45) is 5.10 Å². The summed E-state index contributed by atoms with van der Waals surface area (Å²) < 4.78 is 18.0. The first-order valence-corrected chi connectivity index (χ1v) is 12.5. The number of thioether (sulfide) groups is 1. The minimum Gasteiger partial charge on any atom is -0.493 e. The van der Waals surface area contributed by atoms with Gasteiger partial charge < -0.3 is 18.8 Å². The monoisotopic (exact) mass is 511 g/mol. The number of carbonyl (C=O) groups excluding carboxylic acids is 1. The molecule has 0 saturated carbocycles. The second kappa shape index (κ2) is 11.9. The van der Waals surface area contributed by atoms with Gasteiger partial charge in [0.2, 0.25) is 5.75 Å². The Kier molecular flexibility index (Phi) is 8.98. The average molecular weight is 512 g/mol. The molecule has 0 bridgehead atoms. The van der Waals surface area contributed by atoms with Crippen molar-refractivity contribution in [3.8, 4) is 28.6 Å². The Bertz CT molecular complexity index is 1190. The van der Waals surface area contributed by atoms with E-state index in [0.717, 1.165) is 11.4 Å². The van der Waals surface area contributed by atoms with Crippen LogP contribution in [-0.2, 0) is 16.8 Å². The number of amides is 1. The lowest BCUT2D eigenvalue weighted by molar-refractivity contribution is -0.118. The van der Waals surface area contributed by atoms with E-state index < -0.39 is 0 Å². The molecule has 0 atom stereocenters. The zero-order chi connectivity index (χ0) is 26.3. The quantitative estimate of drug-likeness (QED) is 0.242. The molecule has 1 N–H and O–H groups in total. The van der Waals surface area contributed by atoms with E-state index in [1.807, 2.05) is 11.5 Å². The standard InChI is InChI=1S/C26H33N5O4S/c1-8-31-24(18-9-11-19(12-10-18)26(2,3)4)29-30-25(31)36-16-22(32)28-27-15-17-13-20(33-5)23(35-7)21(14-17)34-6/h9-15H,8,16H2,1-7H3,(H,28,32). The fourth-order valence-electron chi connectivity index (χ4n) is 3.53. The molecule has 0 aliphatic heterocycles. The molecule has 36 heavy (non-hydrogen) atoms. The van der Waals surface area contributed by atoms with Crippen molar-refractivity contribution in [3.63, 3.8) is 0 Å². The highest BCUT2D eigenvalue weighted by atomic mass is 32.2. The minimum atomic E-state index is -0.259. The molecule has 0 aliphatic rings. The molecule has 9 nitrogen and oxygen atoms in total. The number of hydrogen-bond acceptors (Lipinski definition) is 8. The molecule has 192 valence electrons. The van der Waals surface area contributed by atoms with Crippen LogP contribution in [0.4, 0.5) is 0 Å². The third-order valence-electron chi connectivity index (χ3n) is 5.46. The lowest BCUT2D eigenvalue weighted by Crippen LogP contribution is -2.20. The summed E-state index contributed by atoms with van der Waals surface area (Å²) in [5, 5.41) is 13.4. The van der Waals surface area contributed by atoms with Crippen molar-refractivity contribution in [2.75, 3.05) is 27.1 Å². The second-order valence-electron chi connectivity index (χ2n) is 8.92. The molecule has 2 aromatic carbocycles. The zero-order valence-corrected chi connectivity index (χ0v) is 22.6. The van der Waals surface area contributed by atoms with E-state index in [-0.39, 0.29) is 17.1 Å². The first-order valence-electron chi connectivity index (χ1n) is 11.5. The van der Waals surface area contributed by atoms with Crippen molar-refractivity contribution < 1.29 is 19.0 Å². The molecule has 1 aromatic heterocycles. The molecule has 0 spiro atoms. The first-order chi connectivity index (χ1) is 17.2. The SMILES string of the molecule is CCn1c(SCC(=O)NN=Cc2cc(OC)c(OC)c(OC)c2)nnc1-c1ccc(C(C)(C)C)cc1. The molecule has 0 fully saturated rings. The Morgan fingerprint density at radius 3 is 2.22 bits per heavy atom. The molecule has 0 saturated heterocycles. The summed E-state index contributed by atoms with van der Waals surface area (Å²) in [7, 11) is 4.62. The zero-order valence-electron chi connectivity index (χ0n) is 21.8. The van der Waals surface area contributed by atoms with Gasteiger partial charge in [-0.25, -0.2) is 5.43 Å². The molecular formula is C26H33N5O4S. The molecule has 1 amide bonds. The molecule has 3 rings (SSSR count). The number of hydrogen-bond donors (Lipinski definition) is 1. The van der Waals surface area contributed by atoms with Crippen LogP contribution in [0.2, 0.25) is 0 Å². The van der Waals surface area contributed by atoms with Crippen LogP contribution in [0, 0.1) is 0 Å². The Balaban J connectivity index is 1.64. The number of ether oxygens (including phenoxy) is 3. The van der Waals surface area contributed by atoms with E-state index in [0.29, 0.717) is 34.5 Å². The van der Waals surface area contributed by atoms with E-state index in [9.17, 15) is 4.79 Å². The summed E-state index contributed by atoms with van der Waals surface area (Å²) in [6.45, 7) is 9.27. The number of methoxy groups -OCH3 is 3. The maximum absolute atomic E-state index is 12.4. The number of carbonyl (C=O) groups is 1. The topological polar surface area (TPSA) is 99.9 Å². The van der Waals surface area contributed by atoms with Crippen LogP contribution in [0.3, 0.4) is 0 Å². The van der Waals surface area contributed by atoms with Crippen molar-refractivity contribution in [1.29, 1.82) is 0 Å². The van der Waals surface area contributed by atoms with Crippen LogP contribution in [0.5, 0.6) is 17.2 Å². The minimum absolute atomic E-state index is 0.0827. The van der Waals surface area contributed by atoms with Crippen molar-refractivity contribution in [1.82, 2.24) is 20.2 Å². The van der Waals surface area contributed by atoms with Gasteiger partial charge in [0.25, 0.3) is 5.91 Å². The van der Waals surface area contributed by atoms with Crippen molar-refractivity contribution >= 4 is 23.9 Å². The van der Waals surface area contributed by atoms with E-state index in [4.69, 9.17) is 14.2 Å². The number of hydrazone groups is 1. The van der Waals surface area contributed by atoms with Gasteiger partial charge in [0.1, 0.15) is 0 Å². The summed E-state index contributed by atoms with van der Waals surface area (Å²) in [5.41, 5.74) is 5.55. The smallest absolute Gasteiger partial charge is 0.250 e. The van der Waals surface area contributed by atoms with Gasteiger partial charge in [-0.1, -0.05) is 56.8 Å². The van der Waals surface area contributed by atoms with E-state index in [1.54, 1.807) is 26.4 Å². The maximum atomic E-state index is 12.4. The fourth-order valence-corrected chi connectivity index (χ4v) is 4.33. The molecule has 0 unspecified atom stereocenters. The second-order valence-corrected chi connectivity index (χ2v) is 9.86. The Labute approximate surface area is 216 Å². The van der Waals surface area contributed by atoms with Crippen LogP contribution in [0.1, 0.15) is 38.8 Å². The van der Waals surface area contributed by atoms with Gasteiger partial charge in [-0.3, -0.25) is 4.79 Å². The molecule has 1 heterocycles. The van der Waals surface area contributed by atoms with Crippen molar-refractivity contribution in [3.05, 3.63) is 47.5 Å². The van der Waals surface area contributed by atoms with E-state index in [2.05, 4.69) is 65.8 Å². The maximum Gasteiger partial charge on any atom is 0.250 e. The molecule has 3 aromatic rings. The molecule has 0 radical (unpaired) electrons. The normalized spacial score (nSPS) is 11.5. The molecule has 0 aliphatic carbocycles. The van der Waals surface area contributed by atoms with Gasteiger partial charge in [-0.15, -0.1) is 10.2 Å². The first kappa shape index (κ1) is 27.1.